The maximum atomic E-state index is 12.8. The Morgan fingerprint density at radius 3 is 2.62 bits per heavy atom. The van der Waals surface area contributed by atoms with Gasteiger partial charge in [-0.25, -0.2) is 18.7 Å². The molecule has 1 aliphatic heterocycles. The maximum absolute atomic E-state index is 12.8. The van der Waals surface area contributed by atoms with Gasteiger partial charge in [0.1, 0.15) is 0 Å². The molecular formula is C18H17ClF2N4O. The average Bonchev–Trinajstić information content (AvgIpc) is 2.95. The molecule has 1 aliphatic carbocycles. The monoisotopic (exact) mass is 378 g/mol. The molecule has 0 saturated carbocycles. The molecule has 1 amide bonds. The van der Waals surface area contributed by atoms with Gasteiger partial charge in [-0.3, -0.25) is 4.79 Å². The molecule has 2 heterocycles. The molecule has 1 aromatic carbocycles. The van der Waals surface area contributed by atoms with Crippen LogP contribution in [0.4, 0.5) is 14.7 Å². The van der Waals surface area contributed by atoms with Gasteiger partial charge >= 0.3 is 0 Å². The van der Waals surface area contributed by atoms with Crippen LogP contribution in [-0.4, -0.2) is 45.8 Å². The van der Waals surface area contributed by atoms with E-state index in [-0.39, 0.29) is 11.6 Å². The first-order valence-electron chi connectivity index (χ1n) is 8.46. The minimum Gasteiger partial charge on any atom is -0.351 e. The largest absolute Gasteiger partial charge is 0.351 e. The van der Waals surface area contributed by atoms with Crippen molar-refractivity contribution in [3.8, 4) is 0 Å². The van der Waals surface area contributed by atoms with Crippen LogP contribution in [0.3, 0.4) is 0 Å². The molecular weight excluding hydrogens is 362 g/mol. The van der Waals surface area contributed by atoms with E-state index in [9.17, 15) is 13.6 Å². The molecule has 2 unspecified atom stereocenters. The highest BCUT2D eigenvalue weighted by molar-refractivity contribution is 6.30. The Kier molecular flexibility index (Phi) is 4.48. The highest BCUT2D eigenvalue weighted by Gasteiger charge is 2.39. The van der Waals surface area contributed by atoms with Gasteiger partial charge in [0.15, 0.2) is 0 Å². The van der Waals surface area contributed by atoms with Crippen molar-refractivity contribution >= 4 is 23.5 Å². The molecule has 0 bridgehead atoms. The van der Waals surface area contributed by atoms with Crippen molar-refractivity contribution in [1.29, 1.82) is 0 Å². The Morgan fingerprint density at radius 2 is 1.96 bits per heavy atom. The van der Waals surface area contributed by atoms with Crippen molar-refractivity contribution in [1.82, 2.24) is 14.9 Å². The highest BCUT2D eigenvalue weighted by atomic mass is 35.5. The third-order valence-electron chi connectivity index (χ3n) is 4.95. The number of aromatic nitrogens is 2. The number of hydrogen-bond donors (Lipinski definition) is 1. The van der Waals surface area contributed by atoms with E-state index in [0.717, 1.165) is 17.9 Å². The minimum atomic E-state index is -2.52. The van der Waals surface area contributed by atoms with E-state index in [0.29, 0.717) is 18.9 Å². The van der Waals surface area contributed by atoms with Crippen LogP contribution in [0.2, 0.25) is 5.02 Å². The van der Waals surface area contributed by atoms with Crippen LogP contribution in [0.1, 0.15) is 27.9 Å². The van der Waals surface area contributed by atoms with Crippen molar-refractivity contribution in [3.63, 3.8) is 0 Å². The first kappa shape index (κ1) is 17.1. The molecule has 5 nitrogen and oxygen atoms in total. The number of likely N-dealkylation sites (tertiary alicyclic amines) is 1. The number of amides is 1. The lowest BCUT2D eigenvalue weighted by Crippen LogP contribution is -2.54. The standard InChI is InChI=1S/C18H17ClF2N4O/c19-13-2-1-10-6-14(7-11(10)5-13)24-18-22-8-12(9-23-18)17(26)25-4-3-15(25)16(20)21/h1-2,5,8-9,14-16H,3-4,6-7H2,(H,22,23,24). The van der Waals surface area contributed by atoms with Crippen LogP contribution in [0, 0.1) is 0 Å². The number of carbonyl (C=O) groups excluding carboxylic acids is 1. The number of hydrogen-bond acceptors (Lipinski definition) is 4. The molecule has 2 aliphatic rings. The molecule has 26 heavy (non-hydrogen) atoms. The van der Waals surface area contributed by atoms with Gasteiger partial charge in [-0.1, -0.05) is 17.7 Å². The van der Waals surface area contributed by atoms with Crippen molar-refractivity contribution in [2.24, 2.45) is 0 Å². The topological polar surface area (TPSA) is 58.1 Å². The Morgan fingerprint density at radius 1 is 1.23 bits per heavy atom. The highest BCUT2D eigenvalue weighted by Crippen LogP contribution is 2.27. The number of nitrogens with one attached hydrogen (secondary N) is 1. The predicted molar refractivity (Wildman–Crippen MR) is 93.7 cm³/mol. The summed E-state index contributed by atoms with van der Waals surface area (Å²) in [6.45, 7) is 0.344. The minimum absolute atomic E-state index is 0.156. The predicted octanol–water partition coefficient (Wildman–Crippen LogP) is 3.19. The molecule has 136 valence electrons. The quantitative estimate of drug-likeness (QED) is 0.887. The molecule has 1 N–H and O–H groups in total. The molecule has 1 fully saturated rings. The number of benzene rings is 1. The number of anilines is 1. The van der Waals surface area contributed by atoms with Gasteiger partial charge in [0.25, 0.3) is 12.3 Å². The summed E-state index contributed by atoms with van der Waals surface area (Å²) in [5.41, 5.74) is 2.68. The molecule has 1 saturated heterocycles. The van der Waals surface area contributed by atoms with E-state index >= 15 is 0 Å². The van der Waals surface area contributed by atoms with Crippen molar-refractivity contribution in [2.45, 2.75) is 37.8 Å². The van der Waals surface area contributed by atoms with Crippen LogP contribution in [0.25, 0.3) is 0 Å². The summed E-state index contributed by atoms with van der Waals surface area (Å²) in [7, 11) is 0. The normalized spacial score (nSPS) is 21.5. The number of fused-ring (bicyclic) bond motifs is 1. The van der Waals surface area contributed by atoms with Crippen LogP contribution in [0.15, 0.2) is 30.6 Å². The number of rotatable bonds is 4. The lowest BCUT2D eigenvalue weighted by molar-refractivity contribution is -0.0219. The maximum Gasteiger partial charge on any atom is 0.258 e. The van der Waals surface area contributed by atoms with E-state index in [1.54, 1.807) is 0 Å². The molecule has 2 atom stereocenters. The Balaban J connectivity index is 1.39. The zero-order valence-corrected chi connectivity index (χ0v) is 14.6. The van der Waals surface area contributed by atoms with Gasteiger partial charge in [0, 0.05) is 30.0 Å². The second-order valence-electron chi connectivity index (χ2n) is 6.65. The van der Waals surface area contributed by atoms with Crippen LogP contribution < -0.4 is 5.32 Å². The van der Waals surface area contributed by atoms with E-state index < -0.39 is 18.4 Å². The van der Waals surface area contributed by atoms with Gasteiger partial charge in [-0.2, -0.15) is 0 Å². The summed E-state index contributed by atoms with van der Waals surface area (Å²) in [6.07, 6.45) is 2.25. The van der Waals surface area contributed by atoms with Gasteiger partial charge in [0.2, 0.25) is 5.95 Å². The third-order valence-corrected chi connectivity index (χ3v) is 5.19. The van der Waals surface area contributed by atoms with Gasteiger partial charge in [-0.15, -0.1) is 0 Å². The van der Waals surface area contributed by atoms with Crippen LogP contribution in [0.5, 0.6) is 0 Å². The van der Waals surface area contributed by atoms with Crippen LogP contribution in [-0.2, 0) is 12.8 Å². The Hall–Kier alpha value is -2.28. The first-order chi connectivity index (χ1) is 12.5. The third kappa shape index (κ3) is 3.23. The second-order valence-corrected chi connectivity index (χ2v) is 7.08. The average molecular weight is 379 g/mol. The Labute approximate surface area is 154 Å². The second kappa shape index (κ2) is 6.79. The molecule has 0 spiro atoms. The number of halogens is 3. The summed E-state index contributed by atoms with van der Waals surface area (Å²) < 4.78 is 25.6. The van der Waals surface area contributed by atoms with Crippen LogP contribution >= 0.6 is 11.6 Å². The molecule has 1 aromatic heterocycles. The summed E-state index contributed by atoms with van der Waals surface area (Å²) >= 11 is 6.02. The van der Waals surface area contributed by atoms with Gasteiger partial charge in [0.05, 0.1) is 11.6 Å². The van der Waals surface area contributed by atoms with Crippen molar-refractivity contribution in [3.05, 3.63) is 52.3 Å². The van der Waals surface area contributed by atoms with Gasteiger partial charge in [-0.05, 0) is 42.5 Å². The van der Waals surface area contributed by atoms with E-state index in [1.165, 1.54) is 28.4 Å². The summed E-state index contributed by atoms with van der Waals surface area (Å²) in [6, 6.07) is 5.03. The fourth-order valence-electron chi connectivity index (χ4n) is 3.47. The zero-order chi connectivity index (χ0) is 18.3. The van der Waals surface area contributed by atoms with E-state index in [4.69, 9.17) is 11.6 Å². The van der Waals surface area contributed by atoms with E-state index in [2.05, 4.69) is 15.3 Å². The van der Waals surface area contributed by atoms with E-state index in [1.807, 2.05) is 18.2 Å². The summed E-state index contributed by atoms with van der Waals surface area (Å²) in [5.74, 6) is -0.0320. The molecule has 4 rings (SSSR count). The number of alkyl halides is 2. The number of nitrogens with zero attached hydrogens (tertiary/aromatic N) is 3. The lowest BCUT2D eigenvalue weighted by Gasteiger charge is -2.40. The fraction of sp³-hybridized carbons (Fsp3) is 0.389. The molecule has 8 heteroatoms. The van der Waals surface area contributed by atoms with Gasteiger partial charge < -0.3 is 10.2 Å². The first-order valence-corrected chi connectivity index (χ1v) is 8.84. The van der Waals surface area contributed by atoms with Crippen molar-refractivity contribution < 1.29 is 13.6 Å². The fourth-order valence-corrected chi connectivity index (χ4v) is 3.67. The van der Waals surface area contributed by atoms with Crippen molar-refractivity contribution in [2.75, 3.05) is 11.9 Å². The summed E-state index contributed by atoms with van der Waals surface area (Å²) in [5, 5.41) is 3.97. The Bertz CT molecular complexity index is 830. The number of carbonyl (C=O) groups is 1. The SMILES string of the molecule is O=C(c1cnc(NC2Cc3ccc(Cl)cc3C2)nc1)N1CCC1C(F)F. The molecule has 2 aromatic rings. The zero-order valence-electron chi connectivity index (χ0n) is 13.8. The summed E-state index contributed by atoms with van der Waals surface area (Å²) in [4.78, 5) is 21.8. The molecule has 0 radical (unpaired) electrons. The smallest absolute Gasteiger partial charge is 0.258 e. The lowest BCUT2D eigenvalue weighted by atomic mass is 10.0.